The van der Waals surface area contributed by atoms with Crippen molar-refractivity contribution in [3.05, 3.63) is 40.6 Å². The molecule has 0 unspecified atom stereocenters. The molecule has 2 aromatic rings. The van der Waals surface area contributed by atoms with E-state index in [4.69, 9.17) is 0 Å². The number of nitrogens with one attached hydrogen (secondary N) is 1. The van der Waals surface area contributed by atoms with E-state index in [1.54, 1.807) is 10.7 Å². The van der Waals surface area contributed by atoms with Crippen LogP contribution in [0.1, 0.15) is 27.2 Å². The Hall–Kier alpha value is -2.30. The number of carbonyl (C=O) groups is 1. The number of aromatic nitrogens is 2. The van der Waals surface area contributed by atoms with Crippen LogP contribution in [0, 0.1) is 20.8 Å². The van der Waals surface area contributed by atoms with Crippen molar-refractivity contribution in [3.8, 4) is 0 Å². The summed E-state index contributed by atoms with van der Waals surface area (Å²) >= 11 is 0. The normalized spacial score (nSPS) is 10.5. The minimum absolute atomic E-state index is 0.266. The van der Waals surface area contributed by atoms with Gasteiger partial charge in [0.15, 0.2) is 0 Å². The molecule has 0 spiro atoms. The highest BCUT2D eigenvalue weighted by Gasteiger charge is 2.13. The summed E-state index contributed by atoms with van der Waals surface area (Å²) in [6.45, 7) is 5.75. The molecule has 0 amide bonds. The van der Waals surface area contributed by atoms with Crippen molar-refractivity contribution >= 4 is 17.5 Å². The lowest BCUT2D eigenvalue weighted by atomic mass is 10.0. The highest BCUT2D eigenvalue weighted by molar-refractivity contribution is 5.95. The van der Waals surface area contributed by atoms with Gasteiger partial charge in [-0.1, -0.05) is 0 Å². The highest BCUT2D eigenvalue weighted by atomic mass is 16.4. The topological polar surface area (TPSA) is 67.2 Å². The Labute approximate surface area is 111 Å². The van der Waals surface area contributed by atoms with Gasteiger partial charge in [0.05, 0.1) is 16.9 Å². The van der Waals surface area contributed by atoms with Gasteiger partial charge in [-0.3, -0.25) is 4.68 Å². The molecule has 0 saturated carbocycles. The van der Waals surface area contributed by atoms with E-state index < -0.39 is 5.97 Å². The molecular weight excluding hydrogens is 242 g/mol. The van der Waals surface area contributed by atoms with Gasteiger partial charge in [0, 0.05) is 13.1 Å². The summed E-state index contributed by atoms with van der Waals surface area (Å²) in [6.07, 6.45) is 0. The van der Waals surface area contributed by atoms with Gasteiger partial charge < -0.3 is 10.4 Å². The van der Waals surface area contributed by atoms with Crippen LogP contribution in [-0.2, 0) is 7.05 Å². The Morgan fingerprint density at radius 3 is 2.37 bits per heavy atom. The molecule has 2 N–H and O–H groups in total. The van der Waals surface area contributed by atoms with Crippen molar-refractivity contribution in [2.24, 2.45) is 7.05 Å². The molecular formula is C14H17N3O2. The third kappa shape index (κ3) is 2.59. The largest absolute Gasteiger partial charge is 0.478 e. The summed E-state index contributed by atoms with van der Waals surface area (Å²) in [5.74, 6) is -0.173. The van der Waals surface area contributed by atoms with E-state index in [1.807, 2.05) is 40.0 Å². The summed E-state index contributed by atoms with van der Waals surface area (Å²) in [5.41, 5.74) is 3.74. The zero-order chi connectivity index (χ0) is 14.2. The van der Waals surface area contributed by atoms with Crippen molar-refractivity contribution in [3.63, 3.8) is 0 Å². The predicted molar refractivity (Wildman–Crippen MR) is 74.1 cm³/mol. The number of aryl methyl sites for hydroxylation is 4. The Kier molecular flexibility index (Phi) is 3.29. The number of benzene rings is 1. The molecule has 0 aliphatic rings. The summed E-state index contributed by atoms with van der Waals surface area (Å²) in [4.78, 5) is 11.3. The zero-order valence-electron chi connectivity index (χ0n) is 11.5. The minimum Gasteiger partial charge on any atom is -0.478 e. The molecule has 19 heavy (non-hydrogen) atoms. The summed E-state index contributed by atoms with van der Waals surface area (Å²) in [7, 11) is 1.82. The lowest BCUT2D eigenvalue weighted by Gasteiger charge is -2.12. The van der Waals surface area contributed by atoms with Gasteiger partial charge in [-0.2, -0.15) is 5.10 Å². The van der Waals surface area contributed by atoms with E-state index in [0.717, 1.165) is 22.6 Å². The van der Waals surface area contributed by atoms with Crippen LogP contribution in [0.5, 0.6) is 0 Å². The first-order valence-corrected chi connectivity index (χ1v) is 6.00. The molecule has 0 atom stereocenters. The zero-order valence-corrected chi connectivity index (χ0v) is 11.5. The standard InChI is InChI=1S/C14H17N3O2/c1-8-5-11(14(18)19)12(6-9(8)2)15-13-7-10(3)16-17(13)4/h5-7,15H,1-4H3,(H,18,19). The van der Waals surface area contributed by atoms with E-state index in [9.17, 15) is 9.90 Å². The number of nitrogens with zero attached hydrogens (tertiary/aromatic N) is 2. The average Bonchev–Trinajstić information content (AvgIpc) is 2.62. The van der Waals surface area contributed by atoms with Crippen molar-refractivity contribution in [1.82, 2.24) is 9.78 Å². The number of hydrogen-bond acceptors (Lipinski definition) is 3. The smallest absolute Gasteiger partial charge is 0.337 e. The number of aromatic carboxylic acids is 1. The Morgan fingerprint density at radius 1 is 1.21 bits per heavy atom. The van der Waals surface area contributed by atoms with Crippen molar-refractivity contribution < 1.29 is 9.90 Å². The Bertz CT molecular complexity index is 644. The van der Waals surface area contributed by atoms with Crippen LogP contribution in [0.2, 0.25) is 0 Å². The molecule has 1 heterocycles. The molecule has 0 bridgehead atoms. The Balaban J connectivity index is 2.47. The van der Waals surface area contributed by atoms with Crippen LogP contribution in [0.15, 0.2) is 18.2 Å². The molecule has 5 nitrogen and oxygen atoms in total. The third-order valence-electron chi connectivity index (χ3n) is 3.13. The summed E-state index contributed by atoms with van der Waals surface area (Å²) < 4.78 is 1.69. The third-order valence-corrected chi connectivity index (χ3v) is 3.13. The van der Waals surface area contributed by atoms with Crippen molar-refractivity contribution in [2.75, 3.05) is 5.32 Å². The number of carboxylic acids is 1. The molecule has 5 heteroatoms. The summed E-state index contributed by atoms with van der Waals surface area (Å²) in [6, 6.07) is 5.41. The maximum absolute atomic E-state index is 11.3. The maximum Gasteiger partial charge on any atom is 0.337 e. The number of hydrogen-bond donors (Lipinski definition) is 2. The van der Waals surface area contributed by atoms with E-state index in [0.29, 0.717) is 5.69 Å². The Morgan fingerprint density at radius 2 is 1.84 bits per heavy atom. The van der Waals surface area contributed by atoms with Gasteiger partial charge in [0.25, 0.3) is 0 Å². The first-order valence-electron chi connectivity index (χ1n) is 6.00. The quantitative estimate of drug-likeness (QED) is 0.889. The van der Waals surface area contributed by atoms with Crippen LogP contribution in [0.4, 0.5) is 11.5 Å². The number of carboxylic acid groups (broad SMARTS) is 1. The fourth-order valence-electron chi connectivity index (χ4n) is 1.96. The first-order chi connectivity index (χ1) is 8.88. The minimum atomic E-state index is -0.940. The second kappa shape index (κ2) is 4.76. The first kappa shape index (κ1) is 13.1. The monoisotopic (exact) mass is 259 g/mol. The van der Waals surface area contributed by atoms with Crippen molar-refractivity contribution in [2.45, 2.75) is 20.8 Å². The van der Waals surface area contributed by atoms with Crippen LogP contribution in [-0.4, -0.2) is 20.9 Å². The lowest BCUT2D eigenvalue weighted by molar-refractivity contribution is 0.0698. The second-order valence-corrected chi connectivity index (χ2v) is 4.71. The van der Waals surface area contributed by atoms with Crippen LogP contribution >= 0.6 is 0 Å². The van der Waals surface area contributed by atoms with Crippen molar-refractivity contribution in [1.29, 1.82) is 0 Å². The lowest BCUT2D eigenvalue weighted by Crippen LogP contribution is -2.06. The number of anilines is 2. The van der Waals surface area contributed by atoms with Gasteiger partial charge in [-0.25, -0.2) is 4.79 Å². The maximum atomic E-state index is 11.3. The van der Waals surface area contributed by atoms with Gasteiger partial charge in [0.1, 0.15) is 5.82 Å². The molecule has 0 fully saturated rings. The van der Waals surface area contributed by atoms with Crippen LogP contribution < -0.4 is 5.32 Å². The van der Waals surface area contributed by atoms with Gasteiger partial charge >= 0.3 is 5.97 Å². The highest BCUT2D eigenvalue weighted by Crippen LogP contribution is 2.25. The van der Waals surface area contributed by atoms with E-state index in [-0.39, 0.29) is 5.56 Å². The van der Waals surface area contributed by atoms with E-state index in [2.05, 4.69) is 10.4 Å². The van der Waals surface area contributed by atoms with Gasteiger partial charge in [-0.15, -0.1) is 0 Å². The molecule has 1 aromatic heterocycles. The second-order valence-electron chi connectivity index (χ2n) is 4.71. The molecule has 0 radical (unpaired) electrons. The molecule has 0 aliphatic carbocycles. The van der Waals surface area contributed by atoms with Gasteiger partial charge in [0.2, 0.25) is 0 Å². The SMILES string of the molecule is Cc1cc(Nc2cc(C)c(C)cc2C(=O)O)n(C)n1. The molecule has 0 aliphatic heterocycles. The number of rotatable bonds is 3. The molecule has 1 aromatic carbocycles. The fourth-order valence-corrected chi connectivity index (χ4v) is 1.96. The molecule has 0 saturated heterocycles. The van der Waals surface area contributed by atoms with E-state index >= 15 is 0 Å². The van der Waals surface area contributed by atoms with Crippen LogP contribution in [0.3, 0.4) is 0 Å². The average molecular weight is 259 g/mol. The molecule has 2 rings (SSSR count). The summed E-state index contributed by atoms with van der Waals surface area (Å²) in [5, 5.41) is 16.6. The predicted octanol–water partition coefficient (Wildman–Crippen LogP) is 2.79. The molecule has 100 valence electrons. The van der Waals surface area contributed by atoms with Crippen LogP contribution in [0.25, 0.3) is 0 Å². The van der Waals surface area contributed by atoms with Gasteiger partial charge in [-0.05, 0) is 44.0 Å². The van der Waals surface area contributed by atoms with E-state index in [1.165, 1.54) is 0 Å². The fraction of sp³-hybridized carbons (Fsp3) is 0.286.